The quantitative estimate of drug-likeness (QED) is 0.467. The third-order valence-electron chi connectivity index (χ3n) is 3.17. The molecule has 0 bridgehead atoms. The number of aryl methyl sites for hydroxylation is 1. The lowest BCUT2D eigenvalue weighted by Crippen LogP contribution is -2.36. The molecule has 0 amide bonds. The Morgan fingerprint density at radius 2 is 2.21 bits per heavy atom. The Kier molecular flexibility index (Phi) is 4.43. The van der Waals surface area contributed by atoms with Gasteiger partial charge in [0.25, 0.3) is 5.56 Å². The molecule has 0 aromatic carbocycles. The maximum Gasteiger partial charge on any atom is 0.330 e. The lowest BCUT2D eigenvalue weighted by Gasteiger charge is -2.17. The van der Waals surface area contributed by atoms with Crippen molar-refractivity contribution in [1.82, 2.24) is 9.55 Å². The Morgan fingerprint density at radius 3 is 2.74 bits per heavy atom. The zero-order valence-corrected chi connectivity index (χ0v) is 12.4. The third-order valence-corrected chi connectivity index (χ3v) is 4.52. The molecule has 1 aliphatic rings. The van der Waals surface area contributed by atoms with E-state index in [-0.39, 0.29) is 10.5 Å². The first kappa shape index (κ1) is 14.7. The number of halogens is 1. The van der Waals surface area contributed by atoms with Gasteiger partial charge in [-0.05, 0) is 6.42 Å². The average molecular weight is 382 g/mol. The summed E-state index contributed by atoms with van der Waals surface area (Å²) in [6.07, 6.45) is -0.359. The van der Waals surface area contributed by atoms with E-state index in [1.54, 1.807) is 0 Å². The summed E-state index contributed by atoms with van der Waals surface area (Å²) in [4.78, 5) is 25.6. The zero-order valence-electron chi connectivity index (χ0n) is 10.2. The molecule has 0 radical (unpaired) electrons. The van der Waals surface area contributed by atoms with Crippen LogP contribution in [0.15, 0.2) is 15.8 Å². The topological polar surface area (TPSA) is 105 Å². The fraction of sp³-hybridized carbons (Fsp3) is 0.636. The van der Waals surface area contributed by atoms with Gasteiger partial charge in [-0.2, -0.15) is 0 Å². The predicted octanol–water partition coefficient (Wildman–Crippen LogP) is -0.847. The molecule has 2 heterocycles. The molecule has 8 heteroatoms. The van der Waals surface area contributed by atoms with Crippen molar-refractivity contribution in [2.75, 3.05) is 6.61 Å². The number of nitrogens with one attached hydrogen (secondary N) is 1. The molecule has 0 saturated carbocycles. The fourth-order valence-electron chi connectivity index (χ4n) is 2.05. The van der Waals surface area contributed by atoms with Crippen LogP contribution in [0.2, 0.25) is 0 Å². The molecule has 1 aliphatic heterocycles. The Labute approximate surface area is 122 Å². The van der Waals surface area contributed by atoms with E-state index in [0.29, 0.717) is 12.0 Å². The maximum atomic E-state index is 11.8. The van der Waals surface area contributed by atoms with Gasteiger partial charge in [0.15, 0.2) is 6.23 Å². The molecule has 2 unspecified atom stereocenters. The van der Waals surface area contributed by atoms with Crippen LogP contribution in [0.3, 0.4) is 0 Å². The highest BCUT2D eigenvalue weighted by molar-refractivity contribution is 14.1. The number of H-pyrrole nitrogens is 1. The Balaban J connectivity index is 2.43. The van der Waals surface area contributed by atoms with Gasteiger partial charge in [0.1, 0.15) is 6.10 Å². The highest BCUT2D eigenvalue weighted by atomic mass is 127. The SMILES string of the molecule is CCc1cn([C@H]2O[C@@H](CO)C(O)C2I)c(=O)[nH]c1=O. The number of aliphatic hydroxyl groups is 2. The molecule has 1 aromatic heterocycles. The molecule has 1 saturated heterocycles. The fourth-order valence-corrected chi connectivity index (χ4v) is 3.03. The summed E-state index contributed by atoms with van der Waals surface area (Å²) in [7, 11) is 0. The number of ether oxygens (including phenoxy) is 1. The lowest BCUT2D eigenvalue weighted by atomic mass is 10.2. The van der Waals surface area contributed by atoms with E-state index in [1.807, 2.05) is 29.5 Å². The number of alkyl halides is 1. The minimum absolute atomic E-state index is 0.324. The van der Waals surface area contributed by atoms with E-state index in [0.717, 1.165) is 0 Å². The molecule has 3 N–H and O–H groups in total. The number of aromatic nitrogens is 2. The van der Waals surface area contributed by atoms with Crippen molar-refractivity contribution in [1.29, 1.82) is 0 Å². The molecule has 7 nitrogen and oxygen atoms in total. The van der Waals surface area contributed by atoms with Gasteiger partial charge < -0.3 is 14.9 Å². The van der Waals surface area contributed by atoms with Crippen LogP contribution < -0.4 is 11.2 Å². The van der Waals surface area contributed by atoms with E-state index in [1.165, 1.54) is 10.8 Å². The van der Waals surface area contributed by atoms with E-state index >= 15 is 0 Å². The van der Waals surface area contributed by atoms with Gasteiger partial charge in [0, 0.05) is 11.8 Å². The molecule has 4 atom stereocenters. The van der Waals surface area contributed by atoms with Gasteiger partial charge >= 0.3 is 5.69 Å². The van der Waals surface area contributed by atoms with Gasteiger partial charge in [-0.3, -0.25) is 14.3 Å². The molecule has 19 heavy (non-hydrogen) atoms. The van der Waals surface area contributed by atoms with Crippen LogP contribution in [0.1, 0.15) is 18.7 Å². The van der Waals surface area contributed by atoms with E-state index in [9.17, 15) is 14.7 Å². The lowest BCUT2D eigenvalue weighted by molar-refractivity contribution is -0.0456. The smallest absolute Gasteiger partial charge is 0.330 e. The van der Waals surface area contributed by atoms with E-state index in [4.69, 9.17) is 9.84 Å². The maximum absolute atomic E-state index is 11.8. The molecule has 0 spiro atoms. The second kappa shape index (κ2) is 5.73. The number of aliphatic hydroxyl groups excluding tert-OH is 2. The summed E-state index contributed by atoms with van der Waals surface area (Å²) in [5, 5.41) is 19.0. The van der Waals surface area contributed by atoms with Gasteiger partial charge in [-0.15, -0.1) is 0 Å². The highest BCUT2D eigenvalue weighted by Gasteiger charge is 2.43. The molecule has 0 aliphatic carbocycles. The molecule has 106 valence electrons. The summed E-state index contributed by atoms with van der Waals surface area (Å²) in [6, 6.07) is 0. The molecule has 1 aromatic rings. The second-order valence-electron chi connectivity index (χ2n) is 4.36. The van der Waals surface area contributed by atoms with Crippen molar-refractivity contribution in [2.24, 2.45) is 0 Å². The summed E-state index contributed by atoms with van der Waals surface area (Å²) in [5.41, 5.74) is -0.528. The van der Waals surface area contributed by atoms with Gasteiger partial charge in [-0.1, -0.05) is 29.5 Å². The molecular weight excluding hydrogens is 367 g/mol. The van der Waals surface area contributed by atoms with Crippen LogP contribution in [0.5, 0.6) is 0 Å². The van der Waals surface area contributed by atoms with Crippen LogP contribution in [0.4, 0.5) is 0 Å². The van der Waals surface area contributed by atoms with Crippen LogP contribution in [-0.4, -0.2) is 42.5 Å². The van der Waals surface area contributed by atoms with Crippen molar-refractivity contribution in [3.8, 4) is 0 Å². The number of rotatable bonds is 3. The van der Waals surface area contributed by atoms with Crippen molar-refractivity contribution < 1.29 is 14.9 Å². The van der Waals surface area contributed by atoms with Crippen molar-refractivity contribution in [3.63, 3.8) is 0 Å². The minimum Gasteiger partial charge on any atom is -0.394 e. The molecule has 1 fully saturated rings. The first-order chi connectivity index (χ1) is 8.99. The first-order valence-electron chi connectivity index (χ1n) is 5.92. The van der Waals surface area contributed by atoms with Crippen LogP contribution in [0, 0.1) is 0 Å². The first-order valence-corrected chi connectivity index (χ1v) is 7.17. The van der Waals surface area contributed by atoms with Crippen molar-refractivity contribution in [3.05, 3.63) is 32.6 Å². The Hall–Kier alpha value is -0.710. The largest absolute Gasteiger partial charge is 0.394 e. The van der Waals surface area contributed by atoms with Gasteiger partial charge in [0.05, 0.1) is 16.6 Å². The zero-order chi connectivity index (χ0) is 14.2. The van der Waals surface area contributed by atoms with E-state index in [2.05, 4.69) is 4.98 Å². The van der Waals surface area contributed by atoms with Gasteiger partial charge in [-0.25, -0.2) is 4.79 Å². The summed E-state index contributed by atoms with van der Waals surface area (Å²) < 4.78 is 6.35. The number of hydrogen-bond donors (Lipinski definition) is 3. The average Bonchev–Trinajstić information content (AvgIpc) is 2.67. The van der Waals surface area contributed by atoms with Crippen molar-refractivity contribution in [2.45, 2.75) is 35.7 Å². The highest BCUT2D eigenvalue weighted by Crippen LogP contribution is 2.33. The third kappa shape index (κ3) is 2.62. The van der Waals surface area contributed by atoms with Crippen molar-refractivity contribution >= 4 is 22.6 Å². The predicted molar refractivity (Wildman–Crippen MR) is 75.5 cm³/mol. The Bertz CT molecular complexity index is 569. The summed E-state index contributed by atoms with van der Waals surface area (Å²) in [6.45, 7) is 1.48. The minimum atomic E-state index is -0.862. The van der Waals surface area contributed by atoms with Crippen LogP contribution in [-0.2, 0) is 11.2 Å². The number of nitrogens with zero attached hydrogens (tertiary/aromatic N) is 1. The normalized spacial score (nSPS) is 30.7. The molecule has 2 rings (SSSR count). The second-order valence-corrected chi connectivity index (χ2v) is 5.80. The van der Waals surface area contributed by atoms with Crippen LogP contribution in [0.25, 0.3) is 0 Å². The monoisotopic (exact) mass is 382 g/mol. The standard InChI is InChI=1S/C11H15IN2O5/c1-2-5-3-14(11(18)13-9(5)17)10-7(12)8(16)6(4-15)19-10/h3,6-8,10,15-16H,2,4H2,1H3,(H,13,17,18)/t6-,7?,8?,10-/m0/s1. The summed E-state index contributed by atoms with van der Waals surface area (Å²) >= 11 is 1.97. The van der Waals surface area contributed by atoms with Crippen LogP contribution >= 0.6 is 22.6 Å². The molecular formula is C11H15IN2O5. The number of hydrogen-bond acceptors (Lipinski definition) is 5. The summed E-state index contributed by atoms with van der Waals surface area (Å²) in [5.74, 6) is 0. The van der Waals surface area contributed by atoms with E-state index < -0.39 is 29.7 Å². The number of aromatic amines is 1. The Morgan fingerprint density at radius 1 is 1.53 bits per heavy atom. The van der Waals surface area contributed by atoms with Gasteiger partial charge in [0.2, 0.25) is 0 Å².